The number of anilines is 1. The van der Waals surface area contributed by atoms with Gasteiger partial charge in [-0.25, -0.2) is 0 Å². The lowest BCUT2D eigenvalue weighted by atomic mass is 10.0. The van der Waals surface area contributed by atoms with Gasteiger partial charge in [-0.3, -0.25) is 25.7 Å². The highest BCUT2D eigenvalue weighted by Gasteiger charge is 2.19. The Hall–Kier alpha value is -3.29. The molecular formula is C16H16N4O4. The fourth-order valence-corrected chi connectivity index (χ4v) is 2.21. The van der Waals surface area contributed by atoms with Crippen molar-refractivity contribution >= 4 is 23.3 Å². The molecule has 2 aromatic rings. The molecule has 0 amide bonds. The van der Waals surface area contributed by atoms with E-state index in [2.05, 4.69) is 17.5 Å². The second kappa shape index (κ2) is 7.82. The number of aryl methyl sites for hydroxylation is 1. The van der Waals surface area contributed by atoms with Crippen LogP contribution in [0.4, 0.5) is 17.1 Å². The monoisotopic (exact) mass is 328 g/mol. The zero-order valence-electron chi connectivity index (χ0n) is 13.0. The second-order valence-corrected chi connectivity index (χ2v) is 5.03. The number of hydrazone groups is 1. The number of rotatable bonds is 7. The van der Waals surface area contributed by atoms with Crippen LogP contribution in [0.25, 0.3) is 0 Å². The van der Waals surface area contributed by atoms with E-state index in [0.29, 0.717) is 0 Å². The zero-order valence-corrected chi connectivity index (χ0v) is 13.0. The highest BCUT2D eigenvalue weighted by Crippen LogP contribution is 2.28. The van der Waals surface area contributed by atoms with Crippen LogP contribution in [0.2, 0.25) is 0 Å². The van der Waals surface area contributed by atoms with E-state index < -0.39 is 15.5 Å². The minimum absolute atomic E-state index is 0.0924. The van der Waals surface area contributed by atoms with Gasteiger partial charge in [0.1, 0.15) is 5.69 Å². The van der Waals surface area contributed by atoms with Crippen LogP contribution in [0.15, 0.2) is 47.6 Å². The first-order valence-corrected chi connectivity index (χ1v) is 7.32. The van der Waals surface area contributed by atoms with Crippen LogP contribution in [-0.2, 0) is 6.42 Å². The summed E-state index contributed by atoms with van der Waals surface area (Å²) < 4.78 is 0. The zero-order chi connectivity index (χ0) is 17.5. The standard InChI is InChI=1S/C16H16N4O4/c1-2-5-12-6-3-4-7-13(12)11-17-18-15-9-8-14(19(21)22)10-16(15)20(23)24/h3-4,6-11,18H,2,5H2,1H3/b17-11-. The maximum Gasteiger partial charge on any atom is 0.301 e. The predicted octanol–water partition coefficient (Wildman–Crippen LogP) is 3.90. The molecule has 124 valence electrons. The Morgan fingerprint density at radius 2 is 1.88 bits per heavy atom. The van der Waals surface area contributed by atoms with Gasteiger partial charge in [0.05, 0.1) is 22.1 Å². The normalized spacial score (nSPS) is 10.7. The summed E-state index contributed by atoms with van der Waals surface area (Å²) in [5.74, 6) is 0. The Kier molecular flexibility index (Phi) is 5.56. The number of hydrogen-bond acceptors (Lipinski definition) is 6. The molecule has 2 aromatic carbocycles. The molecule has 0 saturated carbocycles. The Bertz CT molecular complexity index is 789. The summed E-state index contributed by atoms with van der Waals surface area (Å²) in [6, 6.07) is 11.1. The lowest BCUT2D eigenvalue weighted by Gasteiger charge is -2.04. The lowest BCUT2D eigenvalue weighted by Crippen LogP contribution is -1.99. The molecule has 2 rings (SSSR count). The molecule has 0 bridgehead atoms. The average Bonchev–Trinajstić information content (AvgIpc) is 2.56. The van der Waals surface area contributed by atoms with Crippen molar-refractivity contribution < 1.29 is 9.85 Å². The Morgan fingerprint density at radius 1 is 1.12 bits per heavy atom. The Morgan fingerprint density at radius 3 is 2.54 bits per heavy atom. The third-order valence-electron chi connectivity index (χ3n) is 3.35. The first kappa shape index (κ1) is 17.1. The molecule has 0 fully saturated rings. The van der Waals surface area contributed by atoms with Gasteiger partial charge in [-0.05, 0) is 23.6 Å². The highest BCUT2D eigenvalue weighted by atomic mass is 16.6. The maximum absolute atomic E-state index is 11.1. The molecule has 0 radical (unpaired) electrons. The van der Waals surface area contributed by atoms with Crippen LogP contribution in [0.5, 0.6) is 0 Å². The van der Waals surface area contributed by atoms with Gasteiger partial charge >= 0.3 is 5.69 Å². The van der Waals surface area contributed by atoms with E-state index in [1.165, 1.54) is 12.1 Å². The number of benzene rings is 2. The number of nitro benzene ring substituents is 2. The molecule has 0 heterocycles. The molecule has 0 saturated heterocycles. The van der Waals surface area contributed by atoms with Crippen molar-refractivity contribution in [1.82, 2.24) is 0 Å². The second-order valence-electron chi connectivity index (χ2n) is 5.03. The molecular weight excluding hydrogens is 312 g/mol. The van der Waals surface area contributed by atoms with Gasteiger partial charge in [0.15, 0.2) is 0 Å². The van der Waals surface area contributed by atoms with Crippen molar-refractivity contribution in [3.05, 3.63) is 73.8 Å². The van der Waals surface area contributed by atoms with E-state index in [1.54, 1.807) is 6.21 Å². The van der Waals surface area contributed by atoms with Crippen molar-refractivity contribution in [3.8, 4) is 0 Å². The molecule has 8 nitrogen and oxygen atoms in total. The van der Waals surface area contributed by atoms with Crippen molar-refractivity contribution in [2.24, 2.45) is 5.10 Å². The number of hydrogen-bond donors (Lipinski definition) is 1. The summed E-state index contributed by atoms with van der Waals surface area (Å²) in [6.07, 6.45) is 3.47. The van der Waals surface area contributed by atoms with Gasteiger partial charge in [0.25, 0.3) is 5.69 Å². The maximum atomic E-state index is 11.1. The van der Waals surface area contributed by atoms with Gasteiger partial charge in [-0.15, -0.1) is 0 Å². The molecule has 0 aliphatic carbocycles. The summed E-state index contributed by atoms with van der Waals surface area (Å²) in [4.78, 5) is 20.4. The summed E-state index contributed by atoms with van der Waals surface area (Å²) in [5.41, 5.74) is 3.98. The van der Waals surface area contributed by atoms with Crippen molar-refractivity contribution in [3.63, 3.8) is 0 Å². The number of non-ortho nitro benzene ring substituents is 1. The van der Waals surface area contributed by atoms with E-state index in [1.807, 2.05) is 24.3 Å². The number of nitrogens with zero attached hydrogens (tertiary/aromatic N) is 3. The lowest BCUT2D eigenvalue weighted by molar-refractivity contribution is -0.393. The van der Waals surface area contributed by atoms with E-state index in [-0.39, 0.29) is 11.4 Å². The van der Waals surface area contributed by atoms with Crippen molar-refractivity contribution in [2.45, 2.75) is 19.8 Å². The summed E-state index contributed by atoms with van der Waals surface area (Å²) >= 11 is 0. The molecule has 0 aromatic heterocycles. The number of nitrogens with one attached hydrogen (secondary N) is 1. The predicted molar refractivity (Wildman–Crippen MR) is 91.4 cm³/mol. The molecule has 0 unspecified atom stereocenters. The third kappa shape index (κ3) is 4.13. The molecule has 0 atom stereocenters. The molecule has 0 aliphatic heterocycles. The smallest absolute Gasteiger partial charge is 0.272 e. The Balaban J connectivity index is 2.23. The van der Waals surface area contributed by atoms with E-state index in [0.717, 1.165) is 30.0 Å². The fourth-order valence-electron chi connectivity index (χ4n) is 2.21. The van der Waals surface area contributed by atoms with Crippen LogP contribution in [0.1, 0.15) is 24.5 Å². The summed E-state index contributed by atoms with van der Waals surface area (Å²) in [6.45, 7) is 2.08. The van der Waals surface area contributed by atoms with Crippen LogP contribution >= 0.6 is 0 Å². The minimum atomic E-state index is -0.685. The summed E-state index contributed by atoms with van der Waals surface area (Å²) in [5, 5.41) is 25.8. The van der Waals surface area contributed by atoms with Crippen LogP contribution < -0.4 is 5.43 Å². The molecule has 24 heavy (non-hydrogen) atoms. The molecule has 1 N–H and O–H groups in total. The van der Waals surface area contributed by atoms with Crippen molar-refractivity contribution in [2.75, 3.05) is 5.43 Å². The molecule has 0 aliphatic rings. The quantitative estimate of drug-likeness (QED) is 0.470. The van der Waals surface area contributed by atoms with E-state index in [4.69, 9.17) is 0 Å². The summed E-state index contributed by atoms with van der Waals surface area (Å²) in [7, 11) is 0. The van der Waals surface area contributed by atoms with E-state index >= 15 is 0 Å². The highest BCUT2D eigenvalue weighted by molar-refractivity contribution is 5.82. The molecule has 0 spiro atoms. The first-order valence-electron chi connectivity index (χ1n) is 7.32. The topological polar surface area (TPSA) is 111 Å². The minimum Gasteiger partial charge on any atom is -0.272 e. The van der Waals surface area contributed by atoms with Crippen LogP contribution in [0.3, 0.4) is 0 Å². The van der Waals surface area contributed by atoms with Gasteiger partial charge < -0.3 is 0 Å². The van der Waals surface area contributed by atoms with Crippen LogP contribution in [0, 0.1) is 20.2 Å². The Labute approximate surface area is 138 Å². The van der Waals surface area contributed by atoms with Crippen molar-refractivity contribution in [1.29, 1.82) is 0 Å². The van der Waals surface area contributed by atoms with E-state index in [9.17, 15) is 20.2 Å². The fraction of sp³-hybridized carbons (Fsp3) is 0.188. The van der Waals surface area contributed by atoms with Gasteiger partial charge in [0, 0.05) is 6.07 Å². The van der Waals surface area contributed by atoms with Crippen LogP contribution in [-0.4, -0.2) is 16.1 Å². The van der Waals surface area contributed by atoms with Gasteiger partial charge in [-0.2, -0.15) is 5.10 Å². The van der Waals surface area contributed by atoms with Gasteiger partial charge in [0.2, 0.25) is 0 Å². The third-order valence-corrected chi connectivity index (χ3v) is 3.35. The van der Waals surface area contributed by atoms with Gasteiger partial charge in [-0.1, -0.05) is 37.6 Å². The first-order chi connectivity index (χ1) is 11.5. The molecule has 8 heteroatoms. The average molecular weight is 328 g/mol. The SMILES string of the molecule is CCCc1ccccc1/C=N\Nc1ccc([N+](=O)[O-])cc1[N+](=O)[O-]. The largest absolute Gasteiger partial charge is 0.301 e. The number of nitro groups is 2.